The summed E-state index contributed by atoms with van der Waals surface area (Å²) in [5.41, 5.74) is 4.68. The molecule has 19 heavy (non-hydrogen) atoms. The van der Waals surface area contributed by atoms with Crippen LogP contribution in [-0.2, 0) is 10.8 Å². The molecular weight excluding hydrogens is 228 g/mol. The Morgan fingerprint density at radius 1 is 0.684 bits per heavy atom. The molecule has 0 amide bonds. The lowest BCUT2D eigenvalue weighted by atomic mass is 9.78. The van der Waals surface area contributed by atoms with Crippen molar-refractivity contribution in [1.82, 2.24) is 0 Å². The molecule has 0 saturated heterocycles. The summed E-state index contributed by atoms with van der Waals surface area (Å²) in [6, 6.07) is 7.13. The Morgan fingerprint density at radius 2 is 1.11 bits per heavy atom. The fourth-order valence-electron chi connectivity index (χ4n) is 2.36. The van der Waals surface area contributed by atoms with E-state index in [0.717, 1.165) is 0 Å². The highest BCUT2D eigenvalue weighted by Crippen LogP contribution is 2.34. The van der Waals surface area contributed by atoms with Crippen molar-refractivity contribution in [2.24, 2.45) is 0 Å². The van der Waals surface area contributed by atoms with Crippen LogP contribution in [0.2, 0.25) is 0 Å². The molecule has 0 nitrogen and oxygen atoms in total. The molecule has 0 spiro atoms. The zero-order valence-corrected chi connectivity index (χ0v) is 13.1. The predicted octanol–water partition coefficient (Wildman–Crippen LogP) is 5.49. The first-order valence-corrected chi connectivity index (χ1v) is 7.19. The lowest BCUT2D eigenvalue weighted by Gasteiger charge is -2.27. The summed E-state index contributed by atoms with van der Waals surface area (Å²) in [6.45, 7) is 13.7. The maximum atomic E-state index is 2.38. The van der Waals surface area contributed by atoms with E-state index in [1.54, 1.807) is 0 Å². The molecule has 1 aliphatic carbocycles. The van der Waals surface area contributed by atoms with Gasteiger partial charge >= 0.3 is 0 Å². The van der Waals surface area contributed by atoms with Crippen LogP contribution in [0.5, 0.6) is 0 Å². The van der Waals surface area contributed by atoms with Crippen molar-refractivity contribution in [3.8, 4) is 0 Å². The van der Waals surface area contributed by atoms with Crippen LogP contribution in [0.4, 0.5) is 0 Å². The zero-order valence-electron chi connectivity index (χ0n) is 13.1. The monoisotopic (exact) mass is 254 g/mol. The van der Waals surface area contributed by atoms with Crippen LogP contribution in [0.15, 0.2) is 42.5 Å². The quantitative estimate of drug-likeness (QED) is 0.621. The molecule has 1 aromatic carbocycles. The summed E-state index contributed by atoms with van der Waals surface area (Å²) in [5.74, 6) is 0.448. The van der Waals surface area contributed by atoms with E-state index in [9.17, 15) is 0 Å². The van der Waals surface area contributed by atoms with Gasteiger partial charge in [0.2, 0.25) is 0 Å². The molecule has 0 N–H and O–H groups in total. The van der Waals surface area contributed by atoms with E-state index in [1.165, 1.54) is 16.7 Å². The molecule has 0 aliphatic heterocycles. The molecule has 0 radical (unpaired) electrons. The highest BCUT2D eigenvalue weighted by Gasteiger charge is 2.22. The minimum absolute atomic E-state index is 0.196. The molecule has 0 aromatic heterocycles. The van der Waals surface area contributed by atoms with Gasteiger partial charge in [0.25, 0.3) is 0 Å². The second-order valence-electron chi connectivity index (χ2n) is 7.64. The van der Waals surface area contributed by atoms with Gasteiger partial charge in [0.05, 0.1) is 0 Å². The van der Waals surface area contributed by atoms with Crippen molar-refractivity contribution >= 4 is 0 Å². The van der Waals surface area contributed by atoms with Gasteiger partial charge in [-0.15, -0.1) is 0 Å². The molecule has 0 heteroatoms. The lowest BCUT2D eigenvalue weighted by Crippen LogP contribution is -2.17. The maximum absolute atomic E-state index is 2.38. The molecule has 102 valence electrons. The standard InChI is InChI=1S/C19H26/c1-18(2,3)16-11-15(14-9-7-8-10-14)12-17(13-16)19(4,5)6/h7-14H,1-6H3. The number of allylic oxidation sites excluding steroid dienone is 4. The van der Waals surface area contributed by atoms with Gasteiger partial charge < -0.3 is 0 Å². The van der Waals surface area contributed by atoms with Crippen LogP contribution in [0, 0.1) is 0 Å². The van der Waals surface area contributed by atoms with E-state index in [-0.39, 0.29) is 10.8 Å². The van der Waals surface area contributed by atoms with E-state index >= 15 is 0 Å². The molecular formula is C19H26. The van der Waals surface area contributed by atoms with Gasteiger partial charge in [-0.1, -0.05) is 84.0 Å². The summed E-state index contributed by atoms with van der Waals surface area (Å²) in [6.07, 6.45) is 8.83. The van der Waals surface area contributed by atoms with Crippen LogP contribution < -0.4 is 0 Å². The normalized spacial score (nSPS) is 16.3. The van der Waals surface area contributed by atoms with Gasteiger partial charge in [-0.2, -0.15) is 0 Å². The fraction of sp³-hybridized carbons (Fsp3) is 0.474. The SMILES string of the molecule is CC(C)(C)c1cc(C2C=CC=C2)cc(C(C)(C)C)c1. The molecule has 0 unspecified atom stereocenters. The van der Waals surface area contributed by atoms with Crippen molar-refractivity contribution < 1.29 is 0 Å². The first kappa shape index (κ1) is 14.1. The molecule has 0 bridgehead atoms. The van der Waals surface area contributed by atoms with E-state index in [0.29, 0.717) is 5.92 Å². The van der Waals surface area contributed by atoms with Crippen LogP contribution >= 0.6 is 0 Å². The zero-order chi connectivity index (χ0) is 14.3. The Kier molecular flexibility index (Phi) is 3.47. The molecule has 1 aliphatic rings. The van der Waals surface area contributed by atoms with Crippen molar-refractivity contribution in [1.29, 1.82) is 0 Å². The molecule has 1 aromatic rings. The third-order valence-corrected chi connectivity index (χ3v) is 3.82. The molecule has 2 rings (SSSR count). The Balaban J connectivity index is 2.55. The van der Waals surface area contributed by atoms with E-state index in [1.807, 2.05) is 0 Å². The predicted molar refractivity (Wildman–Crippen MR) is 84.9 cm³/mol. The summed E-state index contributed by atoms with van der Waals surface area (Å²) in [5, 5.41) is 0. The molecule has 0 heterocycles. The van der Waals surface area contributed by atoms with Crippen LogP contribution in [-0.4, -0.2) is 0 Å². The number of benzene rings is 1. The summed E-state index contributed by atoms with van der Waals surface area (Å²) in [7, 11) is 0. The van der Waals surface area contributed by atoms with Crippen molar-refractivity contribution in [2.75, 3.05) is 0 Å². The van der Waals surface area contributed by atoms with Crippen molar-refractivity contribution in [3.63, 3.8) is 0 Å². The van der Waals surface area contributed by atoms with Crippen LogP contribution in [0.3, 0.4) is 0 Å². The number of hydrogen-bond donors (Lipinski definition) is 0. The van der Waals surface area contributed by atoms with E-state index < -0.39 is 0 Å². The highest BCUT2D eigenvalue weighted by molar-refractivity contribution is 5.43. The smallest absolute Gasteiger partial charge is 0.0205 e. The van der Waals surface area contributed by atoms with Gasteiger partial charge in [0.15, 0.2) is 0 Å². The second-order valence-corrected chi connectivity index (χ2v) is 7.64. The third kappa shape index (κ3) is 3.18. The van der Waals surface area contributed by atoms with E-state index in [4.69, 9.17) is 0 Å². The minimum atomic E-state index is 0.196. The van der Waals surface area contributed by atoms with Gasteiger partial charge in [-0.25, -0.2) is 0 Å². The van der Waals surface area contributed by atoms with Crippen LogP contribution in [0.1, 0.15) is 64.2 Å². The van der Waals surface area contributed by atoms with Gasteiger partial charge in [-0.3, -0.25) is 0 Å². The minimum Gasteiger partial charge on any atom is -0.0732 e. The molecule has 0 saturated carbocycles. The van der Waals surface area contributed by atoms with Crippen molar-refractivity contribution in [3.05, 3.63) is 59.2 Å². The summed E-state index contributed by atoms with van der Waals surface area (Å²) < 4.78 is 0. The van der Waals surface area contributed by atoms with Gasteiger partial charge in [0, 0.05) is 5.92 Å². The second kappa shape index (κ2) is 4.67. The molecule has 0 fully saturated rings. The molecule has 0 atom stereocenters. The average molecular weight is 254 g/mol. The topological polar surface area (TPSA) is 0 Å². The lowest BCUT2D eigenvalue weighted by molar-refractivity contribution is 0.567. The summed E-state index contributed by atoms with van der Waals surface area (Å²) in [4.78, 5) is 0. The van der Waals surface area contributed by atoms with Crippen molar-refractivity contribution in [2.45, 2.75) is 58.3 Å². The number of rotatable bonds is 1. The number of hydrogen-bond acceptors (Lipinski definition) is 0. The summed E-state index contributed by atoms with van der Waals surface area (Å²) >= 11 is 0. The van der Waals surface area contributed by atoms with Gasteiger partial charge in [0.1, 0.15) is 0 Å². The Hall–Kier alpha value is -1.30. The maximum Gasteiger partial charge on any atom is 0.0205 e. The first-order chi connectivity index (χ1) is 8.68. The fourth-order valence-corrected chi connectivity index (χ4v) is 2.36. The Morgan fingerprint density at radius 3 is 1.47 bits per heavy atom. The largest absolute Gasteiger partial charge is 0.0732 e. The van der Waals surface area contributed by atoms with Crippen LogP contribution in [0.25, 0.3) is 0 Å². The van der Waals surface area contributed by atoms with Gasteiger partial charge in [-0.05, 0) is 27.5 Å². The Bertz CT molecular complexity index is 472. The Labute approximate surface area is 118 Å². The third-order valence-electron chi connectivity index (χ3n) is 3.82. The highest BCUT2D eigenvalue weighted by atomic mass is 14.3. The van der Waals surface area contributed by atoms with E-state index in [2.05, 4.69) is 84.0 Å². The average Bonchev–Trinajstić information content (AvgIpc) is 2.79. The first-order valence-electron chi connectivity index (χ1n) is 7.19.